The molecule has 0 fully saturated rings. The Balaban J connectivity index is 2.44. The average Bonchev–Trinajstić information content (AvgIpc) is 2.85. The number of amides is 2. The molecule has 0 saturated carbocycles. The van der Waals surface area contributed by atoms with E-state index in [9.17, 15) is 9.59 Å². The highest BCUT2D eigenvalue weighted by atomic mass is 16.5. The highest BCUT2D eigenvalue weighted by Crippen LogP contribution is 2.03. The Morgan fingerprint density at radius 3 is 2.67 bits per heavy atom. The molecule has 6 nitrogen and oxygen atoms in total. The van der Waals surface area contributed by atoms with Crippen LogP contribution in [0.4, 0.5) is 4.79 Å². The first kappa shape index (κ1) is 14.1. The van der Waals surface area contributed by atoms with Crippen molar-refractivity contribution in [3.8, 4) is 0 Å². The van der Waals surface area contributed by atoms with Crippen LogP contribution in [0.5, 0.6) is 0 Å². The van der Waals surface area contributed by atoms with Crippen molar-refractivity contribution < 1.29 is 18.7 Å². The van der Waals surface area contributed by atoms with Gasteiger partial charge in [-0.3, -0.25) is 0 Å². The zero-order valence-corrected chi connectivity index (χ0v) is 10.7. The lowest BCUT2D eigenvalue weighted by Gasteiger charge is -2.19. The Hall–Kier alpha value is -1.98. The minimum Gasteiger partial charge on any atom is -0.467 e. The molecule has 0 aliphatic heterocycles. The zero-order valence-electron chi connectivity index (χ0n) is 10.7. The Labute approximate surface area is 106 Å². The number of carbonyl (C=O) groups is 2. The van der Waals surface area contributed by atoms with Crippen LogP contribution in [-0.4, -0.2) is 25.2 Å². The lowest BCUT2D eigenvalue weighted by atomic mass is 10.1. The first-order valence-corrected chi connectivity index (χ1v) is 5.69. The van der Waals surface area contributed by atoms with Gasteiger partial charge in [-0.25, -0.2) is 9.59 Å². The number of rotatable bonds is 5. The van der Waals surface area contributed by atoms with E-state index in [1.165, 1.54) is 13.4 Å². The Morgan fingerprint density at radius 2 is 2.17 bits per heavy atom. The summed E-state index contributed by atoms with van der Waals surface area (Å²) in [6.45, 7) is 3.92. The fourth-order valence-corrected chi connectivity index (χ4v) is 1.40. The van der Waals surface area contributed by atoms with Gasteiger partial charge in [-0.05, 0) is 18.1 Å². The number of carbonyl (C=O) groups excluding carboxylic acids is 2. The third-order valence-electron chi connectivity index (χ3n) is 2.41. The molecule has 0 bridgehead atoms. The molecular weight excluding hydrogens is 236 g/mol. The van der Waals surface area contributed by atoms with Gasteiger partial charge in [0.25, 0.3) is 0 Å². The van der Waals surface area contributed by atoms with Crippen molar-refractivity contribution in [2.75, 3.05) is 7.11 Å². The number of hydrogen-bond donors (Lipinski definition) is 2. The minimum atomic E-state index is -0.661. The predicted molar refractivity (Wildman–Crippen MR) is 64.7 cm³/mol. The third kappa shape index (κ3) is 4.12. The van der Waals surface area contributed by atoms with E-state index in [-0.39, 0.29) is 12.5 Å². The summed E-state index contributed by atoms with van der Waals surface area (Å²) in [6, 6.07) is 2.39. The molecular formula is C12H18N2O4. The molecule has 0 saturated heterocycles. The van der Waals surface area contributed by atoms with Gasteiger partial charge in [-0.2, -0.15) is 0 Å². The van der Waals surface area contributed by atoms with Crippen LogP contribution >= 0.6 is 0 Å². The number of methoxy groups -OCH3 is 1. The van der Waals surface area contributed by atoms with Crippen molar-refractivity contribution in [1.82, 2.24) is 10.6 Å². The minimum absolute atomic E-state index is 0.0492. The average molecular weight is 254 g/mol. The van der Waals surface area contributed by atoms with Crippen molar-refractivity contribution in [3.63, 3.8) is 0 Å². The van der Waals surface area contributed by atoms with Crippen LogP contribution in [0.2, 0.25) is 0 Å². The first-order valence-electron chi connectivity index (χ1n) is 5.69. The normalized spacial score (nSPS) is 12.0. The summed E-state index contributed by atoms with van der Waals surface area (Å²) in [6.07, 6.45) is 1.53. The zero-order chi connectivity index (χ0) is 13.5. The number of furan rings is 1. The van der Waals surface area contributed by atoms with E-state index in [2.05, 4.69) is 15.4 Å². The molecule has 2 N–H and O–H groups in total. The molecule has 0 aliphatic carbocycles. The highest BCUT2D eigenvalue weighted by Gasteiger charge is 2.24. The van der Waals surface area contributed by atoms with E-state index in [0.29, 0.717) is 5.76 Å². The fourth-order valence-electron chi connectivity index (χ4n) is 1.40. The first-order chi connectivity index (χ1) is 8.54. The molecule has 0 aliphatic rings. The predicted octanol–water partition coefficient (Wildman–Crippen LogP) is 1.28. The highest BCUT2D eigenvalue weighted by molar-refractivity contribution is 5.83. The molecule has 18 heavy (non-hydrogen) atoms. The van der Waals surface area contributed by atoms with Crippen LogP contribution in [-0.2, 0) is 16.1 Å². The smallest absolute Gasteiger partial charge is 0.328 e. The van der Waals surface area contributed by atoms with Gasteiger partial charge in [-0.15, -0.1) is 0 Å². The van der Waals surface area contributed by atoms with Gasteiger partial charge >= 0.3 is 12.0 Å². The van der Waals surface area contributed by atoms with Gasteiger partial charge in [0, 0.05) is 0 Å². The maximum atomic E-state index is 11.6. The maximum absolute atomic E-state index is 11.6. The van der Waals surface area contributed by atoms with Gasteiger partial charge in [0.2, 0.25) is 0 Å². The number of esters is 1. The monoisotopic (exact) mass is 254 g/mol. The van der Waals surface area contributed by atoms with Crippen LogP contribution in [0.3, 0.4) is 0 Å². The molecule has 1 aromatic rings. The van der Waals surface area contributed by atoms with Gasteiger partial charge in [-0.1, -0.05) is 13.8 Å². The number of hydrogen-bond acceptors (Lipinski definition) is 4. The van der Waals surface area contributed by atoms with E-state index >= 15 is 0 Å². The van der Waals surface area contributed by atoms with Gasteiger partial charge in [0.05, 0.1) is 19.9 Å². The van der Waals surface area contributed by atoms with Crippen molar-refractivity contribution in [1.29, 1.82) is 0 Å². The van der Waals surface area contributed by atoms with E-state index < -0.39 is 18.0 Å². The third-order valence-corrected chi connectivity index (χ3v) is 2.41. The van der Waals surface area contributed by atoms with Crippen molar-refractivity contribution in [3.05, 3.63) is 24.2 Å². The summed E-state index contributed by atoms with van der Waals surface area (Å²) >= 11 is 0. The van der Waals surface area contributed by atoms with Crippen molar-refractivity contribution in [2.24, 2.45) is 5.92 Å². The second-order valence-electron chi connectivity index (χ2n) is 4.15. The largest absolute Gasteiger partial charge is 0.467 e. The lowest BCUT2D eigenvalue weighted by Crippen LogP contribution is -2.48. The van der Waals surface area contributed by atoms with Gasteiger partial charge < -0.3 is 19.8 Å². The second-order valence-corrected chi connectivity index (χ2v) is 4.15. The number of nitrogens with one attached hydrogen (secondary N) is 2. The fraction of sp³-hybridized carbons (Fsp3) is 0.500. The Kier molecular flexibility index (Phi) is 5.23. The summed E-state index contributed by atoms with van der Waals surface area (Å²) in [7, 11) is 1.29. The summed E-state index contributed by atoms with van der Waals surface area (Å²) < 4.78 is 9.70. The topological polar surface area (TPSA) is 80.6 Å². The van der Waals surface area contributed by atoms with E-state index in [1.807, 2.05) is 13.8 Å². The van der Waals surface area contributed by atoms with Crippen LogP contribution in [0.1, 0.15) is 19.6 Å². The SMILES string of the molecule is COC(=O)[C@@H](NC(=O)NCc1ccco1)C(C)C. The molecule has 0 unspecified atom stereocenters. The van der Waals surface area contributed by atoms with E-state index in [4.69, 9.17) is 4.42 Å². The standard InChI is InChI=1S/C12H18N2O4/c1-8(2)10(11(15)17-3)14-12(16)13-7-9-5-4-6-18-9/h4-6,8,10H,7H2,1-3H3,(H2,13,14,16)/t10-/m0/s1. The number of urea groups is 1. The molecule has 0 aromatic carbocycles. The summed E-state index contributed by atoms with van der Waals surface area (Å²) in [5, 5.41) is 5.16. The molecule has 1 atom stereocenters. The number of ether oxygens (including phenoxy) is 1. The van der Waals surface area contributed by atoms with Crippen LogP contribution in [0, 0.1) is 5.92 Å². The van der Waals surface area contributed by atoms with Crippen LogP contribution in [0.15, 0.2) is 22.8 Å². The van der Waals surface area contributed by atoms with E-state index in [1.54, 1.807) is 12.1 Å². The molecule has 0 spiro atoms. The molecule has 0 radical (unpaired) electrons. The van der Waals surface area contributed by atoms with Crippen molar-refractivity contribution >= 4 is 12.0 Å². The summed E-state index contributed by atoms with van der Waals surface area (Å²) in [4.78, 5) is 23.0. The quantitative estimate of drug-likeness (QED) is 0.775. The molecule has 100 valence electrons. The molecule has 1 rings (SSSR count). The molecule has 2 amide bonds. The van der Waals surface area contributed by atoms with Crippen LogP contribution in [0.25, 0.3) is 0 Å². The van der Waals surface area contributed by atoms with Crippen LogP contribution < -0.4 is 10.6 Å². The lowest BCUT2D eigenvalue weighted by molar-refractivity contribution is -0.143. The summed E-state index contributed by atoms with van der Waals surface area (Å²) in [5.41, 5.74) is 0. The second kappa shape index (κ2) is 6.68. The van der Waals surface area contributed by atoms with Gasteiger partial charge in [0.15, 0.2) is 0 Å². The maximum Gasteiger partial charge on any atom is 0.328 e. The Morgan fingerprint density at radius 1 is 1.44 bits per heavy atom. The van der Waals surface area contributed by atoms with Gasteiger partial charge in [0.1, 0.15) is 11.8 Å². The summed E-state index contributed by atoms with van der Waals surface area (Å²) in [5.74, 6) is 0.134. The molecule has 6 heteroatoms. The van der Waals surface area contributed by atoms with E-state index in [0.717, 1.165) is 0 Å². The van der Waals surface area contributed by atoms with Crippen molar-refractivity contribution in [2.45, 2.75) is 26.4 Å². The molecule has 1 heterocycles. The molecule has 1 aromatic heterocycles. The Bertz CT molecular complexity index is 387.